The number of nitrogens with one attached hydrogen (secondary N) is 2. The predicted molar refractivity (Wildman–Crippen MR) is 80.7 cm³/mol. The highest BCUT2D eigenvalue weighted by molar-refractivity contribution is 5.48. The zero-order valence-electron chi connectivity index (χ0n) is 12.6. The van der Waals surface area contributed by atoms with Gasteiger partial charge in [-0.1, -0.05) is 20.8 Å². The van der Waals surface area contributed by atoms with Gasteiger partial charge in [0.2, 0.25) is 0 Å². The Morgan fingerprint density at radius 2 is 1.79 bits per heavy atom. The molecule has 0 unspecified atom stereocenters. The molecule has 4 nitrogen and oxygen atoms in total. The number of nitrogens with zero attached hydrogens (tertiary/aromatic N) is 2. The van der Waals surface area contributed by atoms with Crippen molar-refractivity contribution < 1.29 is 0 Å². The van der Waals surface area contributed by atoms with E-state index in [4.69, 9.17) is 0 Å². The normalized spacial score (nSPS) is 16.5. The third kappa shape index (κ3) is 3.58. The van der Waals surface area contributed by atoms with E-state index in [9.17, 15) is 0 Å². The Morgan fingerprint density at radius 3 is 2.26 bits per heavy atom. The van der Waals surface area contributed by atoms with Gasteiger partial charge in [0, 0.05) is 25.1 Å². The van der Waals surface area contributed by atoms with E-state index < -0.39 is 0 Å². The summed E-state index contributed by atoms with van der Waals surface area (Å²) in [6.07, 6.45) is 3.94. The lowest BCUT2D eigenvalue weighted by molar-refractivity contribution is 0.520. The molecule has 0 aromatic carbocycles. The van der Waals surface area contributed by atoms with Crippen LogP contribution in [0.2, 0.25) is 0 Å². The Hall–Kier alpha value is -1.32. The number of hydrogen-bond donors (Lipinski definition) is 2. The van der Waals surface area contributed by atoms with Gasteiger partial charge in [0.05, 0.1) is 0 Å². The van der Waals surface area contributed by atoms with Crippen LogP contribution in [0.25, 0.3) is 0 Å². The second-order valence-electron chi connectivity index (χ2n) is 5.89. The zero-order valence-corrected chi connectivity index (χ0v) is 12.6. The maximum Gasteiger partial charge on any atom is 0.135 e. The number of anilines is 2. The summed E-state index contributed by atoms with van der Waals surface area (Å²) >= 11 is 0. The van der Waals surface area contributed by atoms with Gasteiger partial charge in [-0.05, 0) is 31.6 Å². The summed E-state index contributed by atoms with van der Waals surface area (Å²) in [5.41, 5.74) is 0.529. The Labute approximate surface area is 116 Å². The molecule has 2 rings (SSSR count). The lowest BCUT2D eigenvalue weighted by Crippen LogP contribution is -2.16. The highest BCUT2D eigenvalue weighted by Crippen LogP contribution is 2.48. The van der Waals surface area contributed by atoms with Gasteiger partial charge < -0.3 is 10.6 Å². The topological polar surface area (TPSA) is 49.8 Å². The summed E-state index contributed by atoms with van der Waals surface area (Å²) in [5, 5.41) is 6.78. The quantitative estimate of drug-likeness (QED) is 0.787. The maximum atomic E-state index is 4.62. The minimum atomic E-state index is 0.347. The maximum absolute atomic E-state index is 4.62. The van der Waals surface area contributed by atoms with Crippen molar-refractivity contribution in [1.82, 2.24) is 9.97 Å². The molecule has 1 aromatic rings. The third-order valence-corrected chi connectivity index (χ3v) is 3.97. The molecule has 0 aliphatic heterocycles. The first-order valence-electron chi connectivity index (χ1n) is 7.45. The first-order valence-corrected chi connectivity index (χ1v) is 7.45. The van der Waals surface area contributed by atoms with Crippen molar-refractivity contribution in [3.63, 3.8) is 0 Å². The zero-order chi connectivity index (χ0) is 13.9. The molecule has 19 heavy (non-hydrogen) atoms. The van der Waals surface area contributed by atoms with Crippen molar-refractivity contribution in [3.05, 3.63) is 11.9 Å². The second kappa shape index (κ2) is 5.76. The standard InChI is InChI=1S/C15H26N4/c1-5-15(7-8-15)10-17-13-9-12(16-6-2)18-14(19-13)11(3)4/h9,11H,5-8,10H2,1-4H3,(H2,16,17,18,19). The van der Waals surface area contributed by atoms with Gasteiger partial charge in [-0.2, -0.15) is 0 Å². The molecular weight excluding hydrogens is 236 g/mol. The summed E-state index contributed by atoms with van der Waals surface area (Å²) in [4.78, 5) is 9.16. The predicted octanol–water partition coefficient (Wildman–Crippen LogP) is 3.63. The van der Waals surface area contributed by atoms with Crippen LogP contribution in [0.1, 0.15) is 58.7 Å². The van der Waals surface area contributed by atoms with Gasteiger partial charge in [0.25, 0.3) is 0 Å². The van der Waals surface area contributed by atoms with Crippen LogP contribution < -0.4 is 10.6 Å². The van der Waals surface area contributed by atoms with Crippen molar-refractivity contribution >= 4 is 11.6 Å². The average Bonchev–Trinajstić information content (AvgIpc) is 3.17. The Balaban J connectivity index is 2.09. The average molecular weight is 262 g/mol. The molecule has 1 heterocycles. The molecule has 0 spiro atoms. The van der Waals surface area contributed by atoms with Crippen LogP contribution in [0.5, 0.6) is 0 Å². The van der Waals surface area contributed by atoms with E-state index >= 15 is 0 Å². The van der Waals surface area contributed by atoms with Crippen LogP contribution in [0.3, 0.4) is 0 Å². The molecule has 2 N–H and O–H groups in total. The first-order chi connectivity index (χ1) is 9.08. The van der Waals surface area contributed by atoms with Crippen LogP contribution >= 0.6 is 0 Å². The van der Waals surface area contributed by atoms with Crippen molar-refractivity contribution in [3.8, 4) is 0 Å². The molecule has 1 aliphatic rings. The van der Waals surface area contributed by atoms with E-state index in [1.165, 1.54) is 19.3 Å². The molecular formula is C15H26N4. The van der Waals surface area contributed by atoms with Gasteiger partial charge in [0.15, 0.2) is 0 Å². The van der Waals surface area contributed by atoms with Crippen molar-refractivity contribution in [2.45, 2.75) is 52.9 Å². The molecule has 0 atom stereocenters. The van der Waals surface area contributed by atoms with Crippen molar-refractivity contribution in [2.75, 3.05) is 23.7 Å². The lowest BCUT2D eigenvalue weighted by Gasteiger charge is -2.16. The van der Waals surface area contributed by atoms with E-state index in [-0.39, 0.29) is 0 Å². The van der Waals surface area contributed by atoms with E-state index in [1.54, 1.807) is 0 Å². The highest BCUT2D eigenvalue weighted by atomic mass is 15.1. The van der Waals surface area contributed by atoms with E-state index in [2.05, 4.69) is 48.3 Å². The van der Waals surface area contributed by atoms with Crippen LogP contribution in [0.15, 0.2) is 6.07 Å². The minimum absolute atomic E-state index is 0.347. The van der Waals surface area contributed by atoms with Crippen LogP contribution in [0.4, 0.5) is 11.6 Å². The largest absolute Gasteiger partial charge is 0.370 e. The minimum Gasteiger partial charge on any atom is -0.370 e. The van der Waals surface area contributed by atoms with E-state index in [1.807, 2.05) is 6.07 Å². The Morgan fingerprint density at radius 1 is 1.16 bits per heavy atom. The van der Waals surface area contributed by atoms with Crippen molar-refractivity contribution in [1.29, 1.82) is 0 Å². The van der Waals surface area contributed by atoms with Crippen molar-refractivity contribution in [2.24, 2.45) is 5.41 Å². The third-order valence-electron chi connectivity index (χ3n) is 3.97. The van der Waals surface area contributed by atoms with Gasteiger partial charge in [0.1, 0.15) is 17.5 Å². The molecule has 0 amide bonds. The molecule has 0 saturated heterocycles. The van der Waals surface area contributed by atoms with Crippen LogP contribution in [-0.2, 0) is 0 Å². The monoisotopic (exact) mass is 262 g/mol. The van der Waals surface area contributed by atoms with Crippen LogP contribution in [-0.4, -0.2) is 23.1 Å². The molecule has 1 saturated carbocycles. The SMILES string of the molecule is CCNc1cc(NCC2(CC)CC2)nc(C(C)C)n1. The van der Waals surface area contributed by atoms with E-state index in [0.29, 0.717) is 11.3 Å². The number of hydrogen-bond acceptors (Lipinski definition) is 4. The first kappa shape index (κ1) is 14.1. The fraction of sp³-hybridized carbons (Fsp3) is 0.733. The fourth-order valence-corrected chi connectivity index (χ4v) is 2.20. The highest BCUT2D eigenvalue weighted by Gasteiger charge is 2.40. The Kier molecular flexibility index (Phi) is 4.27. The van der Waals surface area contributed by atoms with Gasteiger partial charge >= 0.3 is 0 Å². The van der Waals surface area contributed by atoms with Gasteiger partial charge in [-0.3, -0.25) is 0 Å². The molecule has 1 fully saturated rings. The summed E-state index contributed by atoms with van der Waals surface area (Å²) < 4.78 is 0. The van der Waals surface area contributed by atoms with Gasteiger partial charge in [-0.25, -0.2) is 9.97 Å². The summed E-state index contributed by atoms with van der Waals surface area (Å²) in [5.74, 6) is 3.13. The van der Waals surface area contributed by atoms with Gasteiger partial charge in [-0.15, -0.1) is 0 Å². The molecule has 0 radical (unpaired) electrons. The Bertz CT molecular complexity index is 424. The van der Waals surface area contributed by atoms with Crippen LogP contribution in [0, 0.1) is 5.41 Å². The molecule has 0 bridgehead atoms. The summed E-state index contributed by atoms with van der Waals surface area (Å²) in [7, 11) is 0. The smallest absolute Gasteiger partial charge is 0.135 e. The number of rotatable bonds is 7. The number of aromatic nitrogens is 2. The second-order valence-corrected chi connectivity index (χ2v) is 5.89. The summed E-state index contributed by atoms with van der Waals surface area (Å²) in [6, 6.07) is 2.02. The fourth-order valence-electron chi connectivity index (χ4n) is 2.20. The molecule has 1 aliphatic carbocycles. The summed E-state index contributed by atoms with van der Waals surface area (Å²) in [6.45, 7) is 10.5. The lowest BCUT2D eigenvalue weighted by atomic mass is 10.0. The molecule has 1 aromatic heterocycles. The molecule has 106 valence electrons. The van der Waals surface area contributed by atoms with E-state index in [0.717, 1.165) is 30.5 Å². The molecule has 4 heteroatoms.